The molecule has 0 atom stereocenters. The van der Waals surface area contributed by atoms with E-state index in [-0.39, 0.29) is 0 Å². The lowest BCUT2D eigenvalue weighted by molar-refractivity contribution is 0.687. The molecule has 0 unspecified atom stereocenters. The topological polar surface area (TPSA) is 3.24 Å². The zero-order valence-electron chi connectivity index (χ0n) is 33.5. The van der Waals surface area contributed by atoms with Crippen molar-refractivity contribution in [1.82, 2.24) is 0 Å². The summed E-state index contributed by atoms with van der Waals surface area (Å²) >= 11 is 0. The van der Waals surface area contributed by atoms with Gasteiger partial charge in [-0.3, -0.25) is 0 Å². The fourth-order valence-corrected chi connectivity index (χ4v) is 10.9. The Labute approximate surface area is 352 Å². The van der Waals surface area contributed by atoms with E-state index in [0.29, 0.717) is 0 Å². The molecular formula is C59H43N. The molecule has 1 spiro atoms. The number of benzene rings is 9. The number of fused-ring (bicyclic) bond motifs is 11. The predicted octanol–water partition coefficient (Wildman–Crippen LogP) is 15.4. The van der Waals surface area contributed by atoms with Gasteiger partial charge in [-0.2, -0.15) is 0 Å². The molecule has 0 fully saturated rings. The molecule has 9 aromatic rings. The average Bonchev–Trinajstić information content (AvgIpc) is 3.79. The van der Waals surface area contributed by atoms with Crippen molar-refractivity contribution in [2.75, 3.05) is 4.90 Å². The second kappa shape index (κ2) is 14.0. The third-order valence-corrected chi connectivity index (χ3v) is 13.5. The van der Waals surface area contributed by atoms with Crippen LogP contribution in [-0.2, 0) is 18.3 Å². The standard InChI is InChI=1S/C59H43N/c1-3-16-40(17-4-1)41-30-32-42(33-31-41)43-34-36-46(37-35-43)60(45-20-5-2-6-21-45)58-39-57-52(38-53(58)48-26-15-19-44-18-7-8-22-47(44)48)51-25-11-14-29-56(51)59(57)54-27-12-9-23-49(54)50-24-10-13-28-55(50)59/h1-6,9-17,19-21,23-39H,7-8,18,22H2. The van der Waals surface area contributed by atoms with E-state index >= 15 is 0 Å². The van der Waals surface area contributed by atoms with Gasteiger partial charge in [-0.1, -0.05) is 176 Å². The Bertz CT molecular complexity index is 3020. The Hall–Kier alpha value is -7.22. The van der Waals surface area contributed by atoms with Crippen molar-refractivity contribution in [2.24, 2.45) is 0 Å². The zero-order chi connectivity index (χ0) is 39.6. The number of hydrogen-bond donors (Lipinski definition) is 0. The fraction of sp³-hybridized carbons (Fsp3) is 0.0847. The summed E-state index contributed by atoms with van der Waals surface area (Å²) < 4.78 is 0. The Morgan fingerprint density at radius 3 is 1.40 bits per heavy atom. The fourth-order valence-electron chi connectivity index (χ4n) is 10.9. The van der Waals surface area contributed by atoms with Crippen LogP contribution in [0.4, 0.5) is 17.1 Å². The van der Waals surface area contributed by atoms with Gasteiger partial charge in [0.15, 0.2) is 0 Å². The Balaban J connectivity index is 1.10. The molecule has 0 aromatic heterocycles. The number of rotatable bonds is 6. The normalized spacial score (nSPS) is 13.9. The molecule has 0 saturated heterocycles. The van der Waals surface area contributed by atoms with Crippen LogP contribution in [0.5, 0.6) is 0 Å². The summed E-state index contributed by atoms with van der Waals surface area (Å²) in [7, 11) is 0. The largest absolute Gasteiger partial charge is 0.310 e. The van der Waals surface area contributed by atoms with Crippen LogP contribution in [0, 0.1) is 0 Å². The van der Waals surface area contributed by atoms with Crippen LogP contribution in [-0.4, -0.2) is 0 Å². The smallest absolute Gasteiger partial charge is 0.0726 e. The molecule has 1 heteroatoms. The molecule has 0 saturated carbocycles. The first kappa shape index (κ1) is 34.8. The lowest BCUT2D eigenvalue weighted by Crippen LogP contribution is -2.26. The van der Waals surface area contributed by atoms with Crippen molar-refractivity contribution in [3.8, 4) is 55.6 Å². The molecule has 0 bridgehead atoms. The summed E-state index contributed by atoms with van der Waals surface area (Å²) in [5.74, 6) is 0. The number of para-hydroxylation sites is 1. The van der Waals surface area contributed by atoms with E-state index in [9.17, 15) is 0 Å². The van der Waals surface area contributed by atoms with Crippen LogP contribution in [0.25, 0.3) is 55.6 Å². The van der Waals surface area contributed by atoms with Crippen molar-refractivity contribution in [3.05, 3.63) is 246 Å². The first-order chi connectivity index (χ1) is 29.8. The Morgan fingerprint density at radius 2 is 0.783 bits per heavy atom. The third kappa shape index (κ3) is 5.25. The molecule has 284 valence electrons. The second-order valence-electron chi connectivity index (χ2n) is 16.6. The minimum absolute atomic E-state index is 0.444. The molecule has 0 amide bonds. The van der Waals surface area contributed by atoms with E-state index in [1.165, 1.54) is 108 Å². The molecule has 3 aliphatic carbocycles. The van der Waals surface area contributed by atoms with E-state index in [1.807, 2.05) is 0 Å². The highest BCUT2D eigenvalue weighted by atomic mass is 15.1. The maximum atomic E-state index is 2.58. The van der Waals surface area contributed by atoms with Gasteiger partial charge in [0, 0.05) is 16.9 Å². The van der Waals surface area contributed by atoms with Crippen LogP contribution in [0.15, 0.2) is 212 Å². The van der Waals surface area contributed by atoms with Crippen LogP contribution in [0.3, 0.4) is 0 Å². The Kier molecular flexibility index (Phi) is 8.10. The number of nitrogens with zero attached hydrogens (tertiary/aromatic N) is 1. The number of hydrogen-bond acceptors (Lipinski definition) is 1. The monoisotopic (exact) mass is 765 g/mol. The molecule has 0 heterocycles. The molecule has 0 N–H and O–H groups in total. The molecule has 60 heavy (non-hydrogen) atoms. The van der Waals surface area contributed by atoms with Gasteiger partial charge < -0.3 is 4.90 Å². The summed E-state index contributed by atoms with van der Waals surface area (Å²) in [5.41, 5.74) is 24.3. The van der Waals surface area contributed by atoms with Gasteiger partial charge in [-0.15, -0.1) is 0 Å². The lowest BCUT2D eigenvalue weighted by atomic mass is 9.70. The number of aryl methyl sites for hydroxylation is 1. The average molecular weight is 766 g/mol. The number of anilines is 3. The van der Waals surface area contributed by atoms with Gasteiger partial charge in [0.2, 0.25) is 0 Å². The zero-order valence-corrected chi connectivity index (χ0v) is 33.5. The van der Waals surface area contributed by atoms with Crippen LogP contribution in [0.1, 0.15) is 46.2 Å². The van der Waals surface area contributed by atoms with Crippen LogP contribution >= 0.6 is 0 Å². The van der Waals surface area contributed by atoms with E-state index in [1.54, 1.807) is 0 Å². The molecule has 0 radical (unpaired) electrons. The summed E-state index contributed by atoms with van der Waals surface area (Å²) in [6.07, 6.45) is 4.71. The summed E-state index contributed by atoms with van der Waals surface area (Å²) in [4.78, 5) is 2.52. The van der Waals surface area contributed by atoms with Crippen LogP contribution in [0.2, 0.25) is 0 Å². The highest BCUT2D eigenvalue weighted by Crippen LogP contribution is 2.64. The third-order valence-electron chi connectivity index (χ3n) is 13.5. The minimum Gasteiger partial charge on any atom is -0.310 e. The summed E-state index contributed by atoms with van der Waals surface area (Å²) in [6.45, 7) is 0. The maximum Gasteiger partial charge on any atom is 0.0726 e. The van der Waals surface area contributed by atoms with E-state index in [2.05, 4.69) is 217 Å². The second-order valence-corrected chi connectivity index (χ2v) is 16.6. The van der Waals surface area contributed by atoms with Gasteiger partial charge in [0.05, 0.1) is 11.1 Å². The molecular weight excluding hydrogens is 723 g/mol. The predicted molar refractivity (Wildman–Crippen MR) is 250 cm³/mol. The summed E-state index contributed by atoms with van der Waals surface area (Å²) in [6, 6.07) is 79.4. The molecule has 3 aliphatic rings. The molecule has 12 rings (SSSR count). The van der Waals surface area contributed by atoms with Gasteiger partial charge in [-0.25, -0.2) is 0 Å². The van der Waals surface area contributed by atoms with Gasteiger partial charge in [-0.05, 0) is 146 Å². The quantitative estimate of drug-likeness (QED) is 0.163. The van der Waals surface area contributed by atoms with Crippen molar-refractivity contribution in [1.29, 1.82) is 0 Å². The Morgan fingerprint density at radius 1 is 0.317 bits per heavy atom. The van der Waals surface area contributed by atoms with Crippen molar-refractivity contribution in [2.45, 2.75) is 31.1 Å². The van der Waals surface area contributed by atoms with Gasteiger partial charge >= 0.3 is 0 Å². The SMILES string of the molecule is c1ccc(-c2ccc(-c3ccc(N(c4ccccc4)c4cc5c(cc4-c4cccc6c4CCCC6)-c4ccccc4C54c5ccccc5-c5ccccc54)cc3)cc2)cc1. The summed E-state index contributed by atoms with van der Waals surface area (Å²) in [5, 5.41) is 0. The minimum atomic E-state index is -0.444. The van der Waals surface area contributed by atoms with E-state index < -0.39 is 5.41 Å². The van der Waals surface area contributed by atoms with Gasteiger partial charge in [0.1, 0.15) is 0 Å². The van der Waals surface area contributed by atoms with E-state index in [4.69, 9.17) is 0 Å². The van der Waals surface area contributed by atoms with Crippen molar-refractivity contribution in [3.63, 3.8) is 0 Å². The maximum absolute atomic E-state index is 2.58. The first-order valence-corrected chi connectivity index (χ1v) is 21.5. The first-order valence-electron chi connectivity index (χ1n) is 21.5. The highest BCUT2D eigenvalue weighted by Gasteiger charge is 2.52. The van der Waals surface area contributed by atoms with Gasteiger partial charge in [0.25, 0.3) is 0 Å². The van der Waals surface area contributed by atoms with Crippen molar-refractivity contribution < 1.29 is 0 Å². The lowest BCUT2D eigenvalue weighted by Gasteiger charge is -2.34. The molecule has 1 nitrogen and oxygen atoms in total. The highest BCUT2D eigenvalue weighted by molar-refractivity contribution is 6.00. The van der Waals surface area contributed by atoms with E-state index in [0.717, 1.165) is 24.2 Å². The molecule has 0 aliphatic heterocycles. The molecule has 9 aromatic carbocycles. The van der Waals surface area contributed by atoms with Crippen molar-refractivity contribution >= 4 is 17.1 Å². The van der Waals surface area contributed by atoms with Crippen LogP contribution < -0.4 is 4.90 Å².